The molecule has 0 saturated carbocycles. The molecule has 0 saturated heterocycles. The van der Waals surface area contributed by atoms with E-state index in [0.717, 1.165) is 10.0 Å². The molecule has 0 radical (unpaired) electrons. The van der Waals surface area contributed by atoms with E-state index in [1.807, 2.05) is 25.1 Å². The van der Waals surface area contributed by atoms with Crippen molar-refractivity contribution in [2.75, 3.05) is 0 Å². The molecule has 2 nitrogen and oxygen atoms in total. The Balaban J connectivity index is 2.07. The van der Waals surface area contributed by atoms with Crippen molar-refractivity contribution in [2.45, 2.75) is 13.5 Å². The molecule has 1 N–H and O–H groups in total. The van der Waals surface area contributed by atoms with Crippen LogP contribution in [0.1, 0.15) is 11.1 Å². The minimum absolute atomic E-state index is 0.213. The van der Waals surface area contributed by atoms with Crippen LogP contribution in [0.3, 0.4) is 0 Å². The lowest BCUT2D eigenvalue weighted by atomic mass is 10.2. The number of aromatic hydroxyl groups is 1. The van der Waals surface area contributed by atoms with Crippen LogP contribution in [0.4, 0.5) is 0 Å². The quantitative estimate of drug-likeness (QED) is 0.925. The summed E-state index contributed by atoms with van der Waals surface area (Å²) in [4.78, 5) is 0. The molecule has 0 unspecified atom stereocenters. The lowest BCUT2D eigenvalue weighted by Gasteiger charge is -2.08. The standard InChI is InChI=1S/C14H13BrO2/c1-10-5-6-11(14(15)7-10)9-17-13-4-2-3-12(16)8-13/h2-8,16H,9H2,1H3. The highest BCUT2D eigenvalue weighted by atomic mass is 79.9. The van der Waals surface area contributed by atoms with Crippen LogP contribution in [0.15, 0.2) is 46.9 Å². The molecule has 0 heterocycles. The van der Waals surface area contributed by atoms with Crippen LogP contribution in [0.2, 0.25) is 0 Å². The maximum Gasteiger partial charge on any atom is 0.123 e. The first-order valence-electron chi connectivity index (χ1n) is 5.32. The van der Waals surface area contributed by atoms with Crippen LogP contribution in [0.25, 0.3) is 0 Å². The number of aryl methyl sites for hydroxylation is 1. The van der Waals surface area contributed by atoms with E-state index < -0.39 is 0 Å². The lowest BCUT2D eigenvalue weighted by molar-refractivity contribution is 0.303. The van der Waals surface area contributed by atoms with Gasteiger partial charge < -0.3 is 9.84 Å². The number of phenolic OH excluding ortho intramolecular Hbond substituents is 1. The van der Waals surface area contributed by atoms with Gasteiger partial charge in [-0.25, -0.2) is 0 Å². The predicted molar refractivity (Wildman–Crippen MR) is 71.3 cm³/mol. The van der Waals surface area contributed by atoms with E-state index >= 15 is 0 Å². The molecule has 2 rings (SSSR count). The van der Waals surface area contributed by atoms with Crippen molar-refractivity contribution in [1.82, 2.24) is 0 Å². The van der Waals surface area contributed by atoms with Gasteiger partial charge in [0.15, 0.2) is 0 Å². The summed E-state index contributed by atoms with van der Waals surface area (Å²) in [5, 5.41) is 9.31. The van der Waals surface area contributed by atoms with Gasteiger partial charge in [0.1, 0.15) is 18.1 Å². The van der Waals surface area contributed by atoms with Gasteiger partial charge in [0.2, 0.25) is 0 Å². The van der Waals surface area contributed by atoms with Crippen molar-refractivity contribution in [3.63, 3.8) is 0 Å². The van der Waals surface area contributed by atoms with E-state index in [2.05, 4.69) is 22.0 Å². The van der Waals surface area contributed by atoms with Crippen LogP contribution < -0.4 is 4.74 Å². The van der Waals surface area contributed by atoms with Gasteiger partial charge in [-0.15, -0.1) is 0 Å². The SMILES string of the molecule is Cc1ccc(COc2cccc(O)c2)c(Br)c1. The fourth-order valence-electron chi connectivity index (χ4n) is 1.50. The van der Waals surface area contributed by atoms with Gasteiger partial charge >= 0.3 is 0 Å². The Morgan fingerprint density at radius 2 is 2.00 bits per heavy atom. The number of phenols is 1. The molecular weight excluding hydrogens is 280 g/mol. The highest BCUT2D eigenvalue weighted by Gasteiger charge is 2.01. The Kier molecular flexibility index (Phi) is 3.69. The van der Waals surface area contributed by atoms with Gasteiger partial charge in [-0.1, -0.05) is 34.1 Å². The van der Waals surface area contributed by atoms with E-state index in [1.54, 1.807) is 18.2 Å². The van der Waals surface area contributed by atoms with E-state index in [0.29, 0.717) is 12.4 Å². The Morgan fingerprint density at radius 3 is 2.71 bits per heavy atom. The number of benzene rings is 2. The molecule has 0 bridgehead atoms. The molecule has 2 aromatic rings. The summed E-state index contributed by atoms with van der Waals surface area (Å²) in [6.45, 7) is 2.52. The molecule has 0 aliphatic heterocycles. The van der Waals surface area contributed by atoms with Crippen LogP contribution in [-0.2, 0) is 6.61 Å². The second kappa shape index (κ2) is 5.23. The Morgan fingerprint density at radius 1 is 1.18 bits per heavy atom. The van der Waals surface area contributed by atoms with Crippen molar-refractivity contribution in [2.24, 2.45) is 0 Å². The van der Waals surface area contributed by atoms with Gasteiger partial charge in [-0.05, 0) is 30.7 Å². The maximum absolute atomic E-state index is 9.31. The third-order valence-corrected chi connectivity index (χ3v) is 3.16. The molecule has 17 heavy (non-hydrogen) atoms. The van der Waals surface area contributed by atoms with Crippen molar-refractivity contribution < 1.29 is 9.84 Å². The summed E-state index contributed by atoms with van der Waals surface area (Å²) in [6.07, 6.45) is 0. The fourth-order valence-corrected chi connectivity index (χ4v) is 2.11. The molecule has 0 aliphatic carbocycles. The zero-order chi connectivity index (χ0) is 12.3. The van der Waals surface area contributed by atoms with Crippen molar-refractivity contribution >= 4 is 15.9 Å². The first-order valence-corrected chi connectivity index (χ1v) is 6.11. The van der Waals surface area contributed by atoms with Crippen LogP contribution >= 0.6 is 15.9 Å². The summed E-state index contributed by atoms with van der Waals surface area (Å²) in [5.41, 5.74) is 2.29. The topological polar surface area (TPSA) is 29.5 Å². The van der Waals surface area contributed by atoms with Gasteiger partial charge in [0, 0.05) is 16.1 Å². The number of hydrogen-bond donors (Lipinski definition) is 1. The molecule has 0 aliphatic rings. The zero-order valence-corrected chi connectivity index (χ0v) is 11.1. The van der Waals surface area contributed by atoms with Crippen molar-refractivity contribution in [3.8, 4) is 11.5 Å². The second-order valence-electron chi connectivity index (χ2n) is 3.88. The molecule has 0 atom stereocenters. The number of ether oxygens (including phenoxy) is 1. The summed E-state index contributed by atoms with van der Waals surface area (Å²) < 4.78 is 6.64. The Hall–Kier alpha value is -1.48. The number of hydrogen-bond acceptors (Lipinski definition) is 2. The molecule has 88 valence electrons. The summed E-state index contributed by atoms with van der Waals surface area (Å²) >= 11 is 3.51. The first kappa shape index (κ1) is 12.0. The monoisotopic (exact) mass is 292 g/mol. The molecule has 0 aromatic heterocycles. The Bertz CT molecular complexity index is 523. The Labute approximate surface area is 109 Å². The molecular formula is C14H13BrO2. The average molecular weight is 293 g/mol. The fraction of sp³-hybridized carbons (Fsp3) is 0.143. The van der Waals surface area contributed by atoms with Gasteiger partial charge in [0.05, 0.1) is 0 Å². The second-order valence-corrected chi connectivity index (χ2v) is 4.74. The summed E-state index contributed by atoms with van der Waals surface area (Å²) in [5.74, 6) is 0.878. The van der Waals surface area contributed by atoms with Crippen LogP contribution in [0, 0.1) is 6.92 Å². The van der Waals surface area contributed by atoms with E-state index in [4.69, 9.17) is 4.74 Å². The van der Waals surface area contributed by atoms with Crippen LogP contribution in [0.5, 0.6) is 11.5 Å². The van der Waals surface area contributed by atoms with E-state index in [-0.39, 0.29) is 5.75 Å². The molecule has 2 aromatic carbocycles. The zero-order valence-electron chi connectivity index (χ0n) is 9.48. The van der Waals surface area contributed by atoms with Crippen molar-refractivity contribution in [1.29, 1.82) is 0 Å². The third kappa shape index (κ3) is 3.24. The number of rotatable bonds is 3. The largest absolute Gasteiger partial charge is 0.508 e. The minimum Gasteiger partial charge on any atom is -0.508 e. The smallest absolute Gasteiger partial charge is 0.123 e. The molecule has 0 spiro atoms. The van der Waals surface area contributed by atoms with Gasteiger partial charge in [0.25, 0.3) is 0 Å². The summed E-state index contributed by atoms with van der Waals surface area (Å²) in [6, 6.07) is 12.9. The first-order chi connectivity index (χ1) is 8.15. The van der Waals surface area contributed by atoms with Gasteiger partial charge in [-0.2, -0.15) is 0 Å². The lowest BCUT2D eigenvalue weighted by Crippen LogP contribution is -1.96. The molecule has 3 heteroatoms. The normalized spacial score (nSPS) is 10.2. The van der Waals surface area contributed by atoms with Crippen molar-refractivity contribution in [3.05, 3.63) is 58.1 Å². The number of halogens is 1. The summed E-state index contributed by atoms with van der Waals surface area (Å²) in [7, 11) is 0. The average Bonchev–Trinajstić information content (AvgIpc) is 2.28. The minimum atomic E-state index is 0.213. The predicted octanol–water partition coefficient (Wildman–Crippen LogP) is 4.04. The van der Waals surface area contributed by atoms with Crippen LogP contribution in [-0.4, -0.2) is 5.11 Å². The van der Waals surface area contributed by atoms with E-state index in [1.165, 1.54) is 5.56 Å². The molecule has 0 fully saturated rings. The molecule has 0 amide bonds. The third-order valence-electron chi connectivity index (χ3n) is 2.42. The van der Waals surface area contributed by atoms with Gasteiger partial charge in [-0.3, -0.25) is 0 Å². The highest BCUT2D eigenvalue weighted by Crippen LogP contribution is 2.22. The maximum atomic E-state index is 9.31. The van der Waals surface area contributed by atoms with E-state index in [9.17, 15) is 5.11 Å². The highest BCUT2D eigenvalue weighted by molar-refractivity contribution is 9.10.